The molecule has 2 atom stereocenters. The highest BCUT2D eigenvalue weighted by Crippen LogP contribution is 2.24. The van der Waals surface area contributed by atoms with Gasteiger partial charge in [-0.3, -0.25) is 9.69 Å². The van der Waals surface area contributed by atoms with E-state index in [0.29, 0.717) is 6.54 Å². The molecule has 4 nitrogen and oxygen atoms in total. The molecule has 0 aliphatic carbocycles. The van der Waals surface area contributed by atoms with Crippen LogP contribution in [0.1, 0.15) is 12.6 Å². The van der Waals surface area contributed by atoms with Gasteiger partial charge in [-0.25, -0.2) is 4.98 Å². The van der Waals surface area contributed by atoms with Crippen LogP contribution >= 0.6 is 11.3 Å². The fraction of sp³-hybridized carbons (Fsp3) is 0.600. The second-order valence-corrected chi connectivity index (χ2v) is 4.81. The van der Waals surface area contributed by atoms with Crippen LogP contribution in [0.4, 0.5) is 0 Å². The van der Waals surface area contributed by atoms with Crippen LogP contribution in [-0.4, -0.2) is 34.0 Å². The van der Waals surface area contributed by atoms with E-state index in [1.807, 2.05) is 17.8 Å². The summed E-state index contributed by atoms with van der Waals surface area (Å²) in [5.74, 6) is -0.659. The lowest BCUT2D eigenvalue weighted by Crippen LogP contribution is -2.23. The van der Waals surface area contributed by atoms with Crippen LogP contribution in [0.5, 0.6) is 0 Å². The molecule has 1 aliphatic rings. The topological polar surface area (TPSA) is 53.4 Å². The van der Waals surface area contributed by atoms with Gasteiger partial charge in [0.05, 0.1) is 17.1 Å². The van der Waals surface area contributed by atoms with Crippen molar-refractivity contribution in [3.05, 3.63) is 16.6 Å². The maximum absolute atomic E-state index is 10.9. The molecule has 2 unspecified atom stereocenters. The molecule has 0 amide bonds. The van der Waals surface area contributed by atoms with Crippen molar-refractivity contribution < 1.29 is 9.90 Å². The van der Waals surface area contributed by atoms with Crippen LogP contribution in [0.3, 0.4) is 0 Å². The van der Waals surface area contributed by atoms with Gasteiger partial charge in [0.25, 0.3) is 0 Å². The van der Waals surface area contributed by atoms with Crippen molar-refractivity contribution in [3.63, 3.8) is 0 Å². The van der Waals surface area contributed by atoms with Crippen LogP contribution in [0.2, 0.25) is 0 Å². The average molecular weight is 226 g/mol. The Bertz CT molecular complexity index is 339. The molecule has 0 saturated carbocycles. The van der Waals surface area contributed by atoms with Crippen molar-refractivity contribution in [3.8, 4) is 0 Å². The van der Waals surface area contributed by atoms with Crippen molar-refractivity contribution in [2.75, 3.05) is 13.1 Å². The van der Waals surface area contributed by atoms with Crippen molar-refractivity contribution >= 4 is 17.3 Å². The van der Waals surface area contributed by atoms with Gasteiger partial charge < -0.3 is 5.11 Å². The Hall–Kier alpha value is -0.940. The Labute approximate surface area is 92.6 Å². The lowest BCUT2D eigenvalue weighted by molar-refractivity contribution is -0.142. The third-order valence-corrected chi connectivity index (χ3v) is 3.51. The molecule has 0 aromatic carbocycles. The van der Waals surface area contributed by atoms with Gasteiger partial charge in [0.15, 0.2) is 0 Å². The summed E-state index contributed by atoms with van der Waals surface area (Å²) in [5, 5.41) is 11.0. The molecule has 5 heteroatoms. The number of likely N-dealkylation sites (tertiary alicyclic amines) is 1. The van der Waals surface area contributed by atoms with Crippen LogP contribution < -0.4 is 0 Å². The van der Waals surface area contributed by atoms with E-state index in [1.165, 1.54) is 0 Å². The molecule has 2 rings (SSSR count). The molecule has 82 valence electrons. The molecule has 1 fully saturated rings. The van der Waals surface area contributed by atoms with Gasteiger partial charge in [0, 0.05) is 25.0 Å². The highest BCUT2D eigenvalue weighted by Gasteiger charge is 2.34. The highest BCUT2D eigenvalue weighted by molar-refractivity contribution is 7.07. The first-order valence-electron chi connectivity index (χ1n) is 4.99. The van der Waals surface area contributed by atoms with E-state index < -0.39 is 5.97 Å². The number of nitrogens with zero attached hydrogens (tertiary/aromatic N) is 2. The number of carboxylic acid groups (broad SMARTS) is 1. The molecule has 1 aliphatic heterocycles. The SMILES string of the molecule is CC1CN(Cc2cscn2)CC1C(=O)O. The van der Waals surface area contributed by atoms with Crippen LogP contribution in [-0.2, 0) is 11.3 Å². The summed E-state index contributed by atoms with van der Waals surface area (Å²) in [7, 11) is 0. The monoisotopic (exact) mass is 226 g/mol. The van der Waals surface area contributed by atoms with E-state index in [9.17, 15) is 4.79 Å². The van der Waals surface area contributed by atoms with Crippen LogP contribution in [0, 0.1) is 11.8 Å². The molecule has 0 radical (unpaired) electrons. The summed E-state index contributed by atoms with van der Waals surface area (Å²) in [6.07, 6.45) is 0. The number of aromatic nitrogens is 1. The first-order valence-corrected chi connectivity index (χ1v) is 5.93. The predicted molar refractivity (Wildman–Crippen MR) is 57.7 cm³/mol. The standard InChI is InChI=1S/C10H14N2O2S/c1-7-2-12(4-9(7)10(13)14)3-8-5-15-6-11-8/h5-7,9H,2-4H2,1H3,(H,13,14). The first kappa shape index (κ1) is 10.6. The summed E-state index contributed by atoms with van der Waals surface area (Å²) in [5.41, 5.74) is 2.85. The largest absolute Gasteiger partial charge is 0.481 e. The minimum absolute atomic E-state index is 0.219. The maximum atomic E-state index is 10.9. The van der Waals surface area contributed by atoms with Gasteiger partial charge in [0.2, 0.25) is 0 Å². The minimum Gasteiger partial charge on any atom is -0.481 e. The van der Waals surface area contributed by atoms with Crippen LogP contribution in [0.15, 0.2) is 10.9 Å². The number of carboxylic acids is 1. The second kappa shape index (κ2) is 4.28. The predicted octanol–water partition coefficient (Wildman–Crippen LogP) is 1.30. The highest BCUT2D eigenvalue weighted by atomic mass is 32.1. The maximum Gasteiger partial charge on any atom is 0.308 e. The summed E-state index contributed by atoms with van der Waals surface area (Å²) in [4.78, 5) is 17.3. The number of hydrogen-bond acceptors (Lipinski definition) is 4. The second-order valence-electron chi connectivity index (χ2n) is 4.10. The van der Waals surface area contributed by atoms with Gasteiger partial charge in [-0.15, -0.1) is 11.3 Å². The van der Waals surface area contributed by atoms with Gasteiger partial charge in [0.1, 0.15) is 0 Å². The fourth-order valence-electron chi connectivity index (χ4n) is 2.06. The molecule has 1 saturated heterocycles. The van der Waals surface area contributed by atoms with Crippen molar-refractivity contribution in [1.29, 1.82) is 0 Å². The molecule has 2 heterocycles. The molecule has 0 spiro atoms. The summed E-state index contributed by atoms with van der Waals surface area (Å²) in [6.45, 7) is 4.28. The summed E-state index contributed by atoms with van der Waals surface area (Å²) >= 11 is 1.58. The smallest absolute Gasteiger partial charge is 0.308 e. The van der Waals surface area contributed by atoms with E-state index in [2.05, 4.69) is 9.88 Å². The van der Waals surface area contributed by atoms with E-state index in [1.54, 1.807) is 11.3 Å². The van der Waals surface area contributed by atoms with E-state index in [4.69, 9.17) is 5.11 Å². The molecular weight excluding hydrogens is 212 g/mol. The molecular formula is C10H14N2O2S. The molecule has 1 N–H and O–H groups in total. The Morgan fingerprint density at radius 1 is 1.73 bits per heavy atom. The Morgan fingerprint density at radius 3 is 3.07 bits per heavy atom. The van der Waals surface area contributed by atoms with Crippen LogP contribution in [0.25, 0.3) is 0 Å². The van der Waals surface area contributed by atoms with Gasteiger partial charge >= 0.3 is 5.97 Å². The molecule has 1 aromatic heterocycles. The zero-order valence-electron chi connectivity index (χ0n) is 8.59. The summed E-state index contributed by atoms with van der Waals surface area (Å²) in [6, 6.07) is 0. The van der Waals surface area contributed by atoms with E-state index in [0.717, 1.165) is 18.8 Å². The van der Waals surface area contributed by atoms with E-state index in [-0.39, 0.29) is 11.8 Å². The number of aliphatic carboxylic acids is 1. The fourth-order valence-corrected chi connectivity index (χ4v) is 2.61. The Kier molecular flexibility index (Phi) is 3.02. The quantitative estimate of drug-likeness (QED) is 0.844. The number of carbonyl (C=O) groups is 1. The number of thiazole rings is 1. The zero-order valence-corrected chi connectivity index (χ0v) is 9.41. The van der Waals surface area contributed by atoms with E-state index >= 15 is 0 Å². The van der Waals surface area contributed by atoms with Gasteiger partial charge in [-0.05, 0) is 5.92 Å². The number of rotatable bonds is 3. The van der Waals surface area contributed by atoms with Crippen molar-refractivity contribution in [1.82, 2.24) is 9.88 Å². The molecule has 1 aromatic rings. The van der Waals surface area contributed by atoms with Crippen molar-refractivity contribution in [2.45, 2.75) is 13.5 Å². The minimum atomic E-state index is -0.678. The molecule has 15 heavy (non-hydrogen) atoms. The average Bonchev–Trinajstić information content (AvgIpc) is 2.75. The lowest BCUT2D eigenvalue weighted by Gasteiger charge is -2.12. The third-order valence-electron chi connectivity index (χ3n) is 2.87. The molecule has 0 bridgehead atoms. The number of hydrogen-bond donors (Lipinski definition) is 1. The van der Waals surface area contributed by atoms with Gasteiger partial charge in [-0.2, -0.15) is 0 Å². The lowest BCUT2D eigenvalue weighted by atomic mass is 9.99. The third kappa shape index (κ3) is 2.35. The first-order chi connectivity index (χ1) is 7.16. The Morgan fingerprint density at radius 2 is 2.53 bits per heavy atom. The zero-order chi connectivity index (χ0) is 10.8. The van der Waals surface area contributed by atoms with Crippen molar-refractivity contribution in [2.24, 2.45) is 11.8 Å². The normalized spacial score (nSPS) is 27.0. The summed E-state index contributed by atoms with van der Waals surface area (Å²) < 4.78 is 0. The Balaban J connectivity index is 1.94. The van der Waals surface area contributed by atoms with Gasteiger partial charge in [-0.1, -0.05) is 6.92 Å².